The fourth-order valence-corrected chi connectivity index (χ4v) is 1.37. The van der Waals surface area contributed by atoms with E-state index in [0.29, 0.717) is 12.4 Å². The largest absolute Gasteiger partial charge is 0.306 e. The van der Waals surface area contributed by atoms with Crippen LogP contribution in [0.4, 0.5) is 0 Å². The summed E-state index contributed by atoms with van der Waals surface area (Å²) in [6, 6.07) is 8.29. The van der Waals surface area contributed by atoms with Crippen LogP contribution in [0.2, 0.25) is 0 Å². The topological polar surface area (TPSA) is 66.5 Å². The van der Waals surface area contributed by atoms with Crippen LogP contribution in [-0.4, -0.2) is 20.6 Å². The normalized spacial score (nSPS) is 10.5. The minimum atomic E-state index is 0.630. The maximum atomic E-state index is 3.86. The van der Waals surface area contributed by atoms with Crippen molar-refractivity contribution in [3.8, 4) is 0 Å². The molecule has 78 valence electrons. The van der Waals surface area contributed by atoms with Gasteiger partial charge in [-0.1, -0.05) is 29.5 Å². The minimum Gasteiger partial charge on any atom is -0.306 e. The van der Waals surface area contributed by atoms with Gasteiger partial charge in [-0.15, -0.1) is 10.2 Å². The molecule has 0 aliphatic rings. The summed E-state index contributed by atoms with van der Waals surface area (Å²) < 4.78 is 0. The smallest absolute Gasteiger partial charge is 0.188 e. The van der Waals surface area contributed by atoms with Gasteiger partial charge in [0.05, 0.1) is 6.54 Å². The lowest BCUT2D eigenvalue weighted by Crippen LogP contribution is -2.14. The van der Waals surface area contributed by atoms with E-state index in [-0.39, 0.29) is 0 Å². The van der Waals surface area contributed by atoms with E-state index < -0.39 is 0 Å². The van der Waals surface area contributed by atoms with Gasteiger partial charge in [0.1, 0.15) is 0 Å². The molecule has 0 radical (unpaired) electrons. The lowest BCUT2D eigenvalue weighted by molar-refractivity contribution is 0.661. The van der Waals surface area contributed by atoms with Crippen LogP contribution in [0, 0.1) is 6.92 Å². The van der Waals surface area contributed by atoms with Gasteiger partial charge in [0.25, 0.3) is 0 Å². The van der Waals surface area contributed by atoms with Gasteiger partial charge >= 0.3 is 0 Å². The Bertz CT molecular complexity index is 410. The molecule has 0 unspecified atom stereocenters. The lowest BCUT2D eigenvalue weighted by Gasteiger charge is -2.05. The number of aryl methyl sites for hydroxylation is 1. The summed E-state index contributed by atoms with van der Waals surface area (Å²) in [5.41, 5.74) is 2.58. The third-order valence-electron chi connectivity index (χ3n) is 2.25. The minimum absolute atomic E-state index is 0.630. The molecule has 5 nitrogen and oxygen atoms in total. The molecule has 0 atom stereocenters. The summed E-state index contributed by atoms with van der Waals surface area (Å²) in [5.74, 6) is 0.684. The van der Waals surface area contributed by atoms with Gasteiger partial charge in [0.2, 0.25) is 0 Å². The zero-order valence-corrected chi connectivity index (χ0v) is 8.57. The maximum absolute atomic E-state index is 3.86. The first-order chi connectivity index (χ1) is 7.36. The molecular weight excluding hydrogens is 190 g/mol. The molecule has 5 heteroatoms. The predicted octanol–water partition coefficient (Wildman–Crippen LogP) is 0.798. The fourth-order valence-electron chi connectivity index (χ4n) is 1.37. The monoisotopic (exact) mass is 203 g/mol. The van der Waals surface area contributed by atoms with Gasteiger partial charge in [-0.2, -0.15) is 5.21 Å². The summed E-state index contributed by atoms with van der Waals surface area (Å²) in [6.07, 6.45) is 0. The van der Waals surface area contributed by atoms with E-state index in [1.165, 1.54) is 11.1 Å². The highest BCUT2D eigenvalue weighted by atomic mass is 15.5. The Balaban J connectivity index is 1.86. The van der Waals surface area contributed by atoms with Crippen LogP contribution >= 0.6 is 0 Å². The number of rotatable bonds is 4. The van der Waals surface area contributed by atoms with Gasteiger partial charge < -0.3 is 5.32 Å². The first kappa shape index (κ1) is 9.79. The average Bonchev–Trinajstić information content (AvgIpc) is 2.74. The molecule has 0 fully saturated rings. The Hall–Kier alpha value is -1.75. The molecule has 0 spiro atoms. The third-order valence-corrected chi connectivity index (χ3v) is 2.25. The molecule has 0 saturated heterocycles. The van der Waals surface area contributed by atoms with Crippen molar-refractivity contribution in [1.82, 2.24) is 25.9 Å². The van der Waals surface area contributed by atoms with E-state index in [1.807, 2.05) is 12.1 Å². The van der Waals surface area contributed by atoms with Crippen molar-refractivity contribution in [2.24, 2.45) is 0 Å². The number of benzene rings is 1. The molecule has 1 heterocycles. The molecule has 0 aliphatic carbocycles. The predicted molar refractivity (Wildman–Crippen MR) is 55.9 cm³/mol. The Morgan fingerprint density at radius 2 is 2.13 bits per heavy atom. The molecule has 0 amide bonds. The SMILES string of the molecule is Cc1ccccc1CNCc1nn[nH]n1. The van der Waals surface area contributed by atoms with E-state index in [9.17, 15) is 0 Å². The molecule has 1 aromatic carbocycles. The summed E-state index contributed by atoms with van der Waals surface area (Å²) in [7, 11) is 0. The van der Waals surface area contributed by atoms with Gasteiger partial charge in [0.15, 0.2) is 5.82 Å². The number of aromatic amines is 1. The number of H-pyrrole nitrogens is 1. The highest BCUT2D eigenvalue weighted by Crippen LogP contribution is 2.05. The number of nitrogens with one attached hydrogen (secondary N) is 2. The van der Waals surface area contributed by atoms with E-state index in [2.05, 4.69) is 45.0 Å². The van der Waals surface area contributed by atoms with Gasteiger partial charge in [-0.05, 0) is 18.1 Å². The number of nitrogens with zero attached hydrogens (tertiary/aromatic N) is 3. The molecule has 0 aliphatic heterocycles. The van der Waals surface area contributed by atoms with Crippen molar-refractivity contribution in [3.05, 3.63) is 41.2 Å². The summed E-state index contributed by atoms with van der Waals surface area (Å²) >= 11 is 0. The van der Waals surface area contributed by atoms with Gasteiger partial charge in [0, 0.05) is 6.54 Å². The molecule has 0 saturated carbocycles. The molecule has 0 bridgehead atoms. The Morgan fingerprint density at radius 3 is 2.87 bits per heavy atom. The second kappa shape index (κ2) is 4.65. The quantitative estimate of drug-likeness (QED) is 0.771. The van der Waals surface area contributed by atoms with Crippen LogP contribution in [0.25, 0.3) is 0 Å². The number of aromatic nitrogens is 4. The summed E-state index contributed by atoms with van der Waals surface area (Å²) in [6.45, 7) is 3.55. The molecule has 2 rings (SSSR count). The van der Waals surface area contributed by atoms with Crippen LogP contribution in [0.5, 0.6) is 0 Å². The van der Waals surface area contributed by atoms with E-state index in [4.69, 9.17) is 0 Å². The van der Waals surface area contributed by atoms with Crippen molar-refractivity contribution < 1.29 is 0 Å². The standard InChI is InChI=1S/C10H13N5/c1-8-4-2-3-5-9(8)6-11-7-10-12-14-15-13-10/h2-5,11H,6-7H2,1H3,(H,12,13,14,15). The molecular formula is C10H13N5. The maximum Gasteiger partial charge on any atom is 0.188 e. The van der Waals surface area contributed by atoms with E-state index in [0.717, 1.165) is 6.54 Å². The zero-order chi connectivity index (χ0) is 10.5. The van der Waals surface area contributed by atoms with Gasteiger partial charge in [-0.25, -0.2) is 0 Å². The van der Waals surface area contributed by atoms with Crippen molar-refractivity contribution in [2.75, 3.05) is 0 Å². The first-order valence-corrected chi connectivity index (χ1v) is 4.84. The molecule has 1 aromatic heterocycles. The van der Waals surface area contributed by atoms with Crippen molar-refractivity contribution in [2.45, 2.75) is 20.0 Å². The van der Waals surface area contributed by atoms with Crippen LogP contribution in [0.1, 0.15) is 17.0 Å². The van der Waals surface area contributed by atoms with Gasteiger partial charge in [-0.3, -0.25) is 0 Å². The van der Waals surface area contributed by atoms with Crippen LogP contribution in [0.15, 0.2) is 24.3 Å². The number of tetrazole rings is 1. The van der Waals surface area contributed by atoms with Crippen molar-refractivity contribution >= 4 is 0 Å². The Morgan fingerprint density at radius 1 is 1.27 bits per heavy atom. The molecule has 2 aromatic rings. The number of hydrogen-bond acceptors (Lipinski definition) is 4. The third kappa shape index (κ3) is 2.60. The van der Waals surface area contributed by atoms with Crippen LogP contribution in [0.3, 0.4) is 0 Å². The number of hydrogen-bond donors (Lipinski definition) is 2. The summed E-state index contributed by atoms with van der Waals surface area (Å²) in [4.78, 5) is 0. The van der Waals surface area contributed by atoms with E-state index >= 15 is 0 Å². The zero-order valence-electron chi connectivity index (χ0n) is 8.57. The second-order valence-electron chi connectivity index (χ2n) is 3.36. The first-order valence-electron chi connectivity index (χ1n) is 4.84. The highest BCUT2D eigenvalue weighted by Gasteiger charge is 1.99. The average molecular weight is 203 g/mol. The van der Waals surface area contributed by atoms with Crippen LogP contribution in [-0.2, 0) is 13.1 Å². The second-order valence-corrected chi connectivity index (χ2v) is 3.36. The molecule has 2 N–H and O–H groups in total. The summed E-state index contributed by atoms with van der Waals surface area (Å²) in [5, 5.41) is 16.9. The Kier molecular flexibility index (Phi) is 3.04. The van der Waals surface area contributed by atoms with Crippen molar-refractivity contribution in [3.63, 3.8) is 0 Å². The highest BCUT2D eigenvalue weighted by molar-refractivity contribution is 5.25. The Labute approximate surface area is 87.9 Å². The van der Waals surface area contributed by atoms with Crippen molar-refractivity contribution in [1.29, 1.82) is 0 Å². The van der Waals surface area contributed by atoms with E-state index in [1.54, 1.807) is 0 Å². The fraction of sp³-hybridized carbons (Fsp3) is 0.300. The van der Waals surface area contributed by atoms with Crippen LogP contribution < -0.4 is 5.32 Å². The lowest BCUT2D eigenvalue weighted by atomic mass is 10.1. The molecule has 15 heavy (non-hydrogen) atoms.